The summed E-state index contributed by atoms with van der Waals surface area (Å²) in [6.07, 6.45) is 3.35. The lowest BCUT2D eigenvalue weighted by Crippen LogP contribution is -2.34. The maximum Gasteiger partial charge on any atom is 0.254 e. The third kappa shape index (κ3) is 3.20. The Labute approximate surface area is 101 Å². The summed E-state index contributed by atoms with van der Waals surface area (Å²) in [6.45, 7) is 5.93. The van der Waals surface area contributed by atoms with Crippen molar-refractivity contribution in [2.24, 2.45) is 0 Å². The van der Waals surface area contributed by atoms with Crippen LogP contribution < -0.4 is 5.32 Å². The predicted molar refractivity (Wildman–Crippen MR) is 65.8 cm³/mol. The summed E-state index contributed by atoms with van der Waals surface area (Å²) < 4.78 is 0. The second kappa shape index (κ2) is 5.85. The fourth-order valence-corrected chi connectivity index (χ4v) is 1.74. The normalized spacial score (nSPS) is 10.6. The quantitative estimate of drug-likeness (QED) is 0.879. The molecular weight excluding hydrogens is 224 g/mol. The summed E-state index contributed by atoms with van der Waals surface area (Å²) >= 11 is 5.99. The van der Waals surface area contributed by atoms with Gasteiger partial charge in [0.1, 0.15) is 0 Å². The molecule has 1 aromatic rings. The average Bonchev–Trinajstić information content (AvgIpc) is 2.25. The van der Waals surface area contributed by atoms with Crippen LogP contribution in [-0.4, -0.2) is 16.9 Å². The van der Waals surface area contributed by atoms with Gasteiger partial charge in [0, 0.05) is 17.9 Å². The van der Waals surface area contributed by atoms with E-state index in [4.69, 9.17) is 11.6 Å². The molecule has 4 heteroatoms. The first kappa shape index (κ1) is 13.0. The molecule has 0 radical (unpaired) electrons. The van der Waals surface area contributed by atoms with E-state index < -0.39 is 0 Å². The summed E-state index contributed by atoms with van der Waals surface area (Å²) in [4.78, 5) is 15.9. The van der Waals surface area contributed by atoms with Gasteiger partial charge in [0.15, 0.2) is 0 Å². The molecule has 0 fully saturated rings. The lowest BCUT2D eigenvalue weighted by atomic mass is 10.1. The molecule has 0 bridgehead atoms. The Morgan fingerprint density at radius 2 is 2.12 bits per heavy atom. The van der Waals surface area contributed by atoms with Gasteiger partial charge >= 0.3 is 0 Å². The number of halogens is 1. The molecule has 1 N–H and O–H groups in total. The number of aromatic nitrogens is 1. The Kier molecular flexibility index (Phi) is 4.74. The summed E-state index contributed by atoms with van der Waals surface area (Å²) in [7, 11) is 0. The van der Waals surface area contributed by atoms with Crippen LogP contribution in [0.15, 0.2) is 12.3 Å². The zero-order valence-corrected chi connectivity index (χ0v) is 10.6. The molecule has 0 aliphatic carbocycles. The third-order valence-corrected chi connectivity index (χ3v) is 2.87. The van der Waals surface area contributed by atoms with Crippen LogP contribution in [0.3, 0.4) is 0 Å². The lowest BCUT2D eigenvalue weighted by Gasteiger charge is -2.15. The molecule has 16 heavy (non-hydrogen) atoms. The molecule has 1 aromatic heterocycles. The van der Waals surface area contributed by atoms with E-state index in [1.807, 2.05) is 20.8 Å². The molecule has 0 saturated heterocycles. The van der Waals surface area contributed by atoms with Gasteiger partial charge in [0.2, 0.25) is 0 Å². The van der Waals surface area contributed by atoms with Gasteiger partial charge in [-0.3, -0.25) is 9.78 Å². The Morgan fingerprint density at radius 3 is 2.62 bits per heavy atom. The molecule has 0 aromatic carbocycles. The molecule has 0 saturated carbocycles. The van der Waals surface area contributed by atoms with Crippen LogP contribution in [0.5, 0.6) is 0 Å². The second-order valence-electron chi connectivity index (χ2n) is 3.79. The number of hydrogen-bond donors (Lipinski definition) is 1. The van der Waals surface area contributed by atoms with Crippen molar-refractivity contribution in [3.05, 3.63) is 28.5 Å². The van der Waals surface area contributed by atoms with E-state index in [0.717, 1.165) is 18.5 Å². The van der Waals surface area contributed by atoms with Gasteiger partial charge in [-0.2, -0.15) is 0 Å². The van der Waals surface area contributed by atoms with Gasteiger partial charge in [-0.15, -0.1) is 0 Å². The molecule has 1 rings (SSSR count). The van der Waals surface area contributed by atoms with E-state index >= 15 is 0 Å². The average molecular weight is 241 g/mol. The van der Waals surface area contributed by atoms with E-state index in [2.05, 4.69) is 10.3 Å². The molecule has 1 heterocycles. The van der Waals surface area contributed by atoms with Crippen LogP contribution in [0.1, 0.15) is 42.7 Å². The number of amides is 1. The fourth-order valence-electron chi connectivity index (χ4n) is 1.45. The first-order valence-corrected chi connectivity index (χ1v) is 5.89. The third-order valence-electron chi connectivity index (χ3n) is 2.56. The Morgan fingerprint density at radius 1 is 1.50 bits per heavy atom. The van der Waals surface area contributed by atoms with Crippen LogP contribution in [0.2, 0.25) is 5.02 Å². The summed E-state index contributed by atoms with van der Waals surface area (Å²) in [5.41, 5.74) is 1.25. The highest BCUT2D eigenvalue weighted by Crippen LogP contribution is 2.15. The number of pyridine rings is 1. The molecule has 1 amide bonds. The highest BCUT2D eigenvalue weighted by Gasteiger charge is 2.14. The molecule has 0 atom stereocenters. The number of carbonyl (C=O) groups excluding carboxylic acids is 1. The molecule has 3 nitrogen and oxygen atoms in total. The Hall–Kier alpha value is -1.09. The van der Waals surface area contributed by atoms with Gasteiger partial charge in [0.05, 0.1) is 10.6 Å². The standard InChI is InChI=1S/C12H17ClN2O/c1-4-9(5-2)15-12(16)10-7-14-8(3)6-11(10)13/h6-7,9H,4-5H2,1-3H3,(H,15,16). The molecule has 0 aliphatic heterocycles. The van der Waals surface area contributed by atoms with E-state index in [-0.39, 0.29) is 11.9 Å². The van der Waals surface area contributed by atoms with Crippen LogP contribution in [0, 0.1) is 6.92 Å². The second-order valence-corrected chi connectivity index (χ2v) is 4.20. The van der Waals surface area contributed by atoms with Gasteiger partial charge in [-0.1, -0.05) is 25.4 Å². The van der Waals surface area contributed by atoms with Crippen molar-refractivity contribution in [3.63, 3.8) is 0 Å². The topological polar surface area (TPSA) is 42.0 Å². The molecule has 0 unspecified atom stereocenters. The summed E-state index contributed by atoms with van der Waals surface area (Å²) in [6, 6.07) is 1.90. The number of nitrogens with zero attached hydrogens (tertiary/aromatic N) is 1. The van der Waals surface area contributed by atoms with Crippen molar-refractivity contribution >= 4 is 17.5 Å². The van der Waals surface area contributed by atoms with Crippen molar-refractivity contribution in [2.45, 2.75) is 39.7 Å². The number of aryl methyl sites for hydroxylation is 1. The number of rotatable bonds is 4. The Balaban J connectivity index is 2.80. The van der Waals surface area contributed by atoms with Gasteiger partial charge in [-0.25, -0.2) is 0 Å². The van der Waals surface area contributed by atoms with Crippen LogP contribution in [-0.2, 0) is 0 Å². The first-order valence-electron chi connectivity index (χ1n) is 5.51. The maximum absolute atomic E-state index is 11.9. The van der Waals surface area contributed by atoms with Crippen LogP contribution >= 0.6 is 11.6 Å². The number of nitrogens with one attached hydrogen (secondary N) is 1. The lowest BCUT2D eigenvalue weighted by molar-refractivity contribution is 0.0934. The first-order chi connectivity index (χ1) is 7.58. The highest BCUT2D eigenvalue weighted by molar-refractivity contribution is 6.33. The molecular formula is C12H17ClN2O. The molecule has 0 aliphatic rings. The van der Waals surface area contributed by atoms with E-state index in [9.17, 15) is 4.79 Å². The minimum atomic E-state index is -0.147. The maximum atomic E-state index is 11.9. The Bertz CT molecular complexity index is 375. The molecule has 88 valence electrons. The van der Waals surface area contributed by atoms with E-state index in [1.54, 1.807) is 6.07 Å². The monoisotopic (exact) mass is 240 g/mol. The van der Waals surface area contributed by atoms with Crippen LogP contribution in [0.4, 0.5) is 0 Å². The SMILES string of the molecule is CCC(CC)NC(=O)c1cnc(C)cc1Cl. The number of hydrogen-bond acceptors (Lipinski definition) is 2. The largest absolute Gasteiger partial charge is 0.349 e. The number of carbonyl (C=O) groups is 1. The van der Waals surface area contributed by atoms with E-state index in [0.29, 0.717) is 10.6 Å². The van der Waals surface area contributed by atoms with Gasteiger partial charge in [0.25, 0.3) is 5.91 Å². The van der Waals surface area contributed by atoms with Gasteiger partial charge < -0.3 is 5.32 Å². The van der Waals surface area contributed by atoms with Crippen molar-refractivity contribution in [3.8, 4) is 0 Å². The molecule has 0 spiro atoms. The minimum absolute atomic E-state index is 0.147. The summed E-state index contributed by atoms with van der Waals surface area (Å²) in [5, 5.41) is 3.38. The highest BCUT2D eigenvalue weighted by atomic mass is 35.5. The summed E-state index contributed by atoms with van der Waals surface area (Å²) in [5.74, 6) is -0.147. The van der Waals surface area contributed by atoms with E-state index in [1.165, 1.54) is 6.20 Å². The van der Waals surface area contributed by atoms with Gasteiger partial charge in [-0.05, 0) is 25.8 Å². The van der Waals surface area contributed by atoms with Crippen molar-refractivity contribution in [2.75, 3.05) is 0 Å². The van der Waals surface area contributed by atoms with Crippen molar-refractivity contribution in [1.82, 2.24) is 10.3 Å². The minimum Gasteiger partial charge on any atom is -0.349 e. The van der Waals surface area contributed by atoms with Crippen molar-refractivity contribution in [1.29, 1.82) is 0 Å². The van der Waals surface area contributed by atoms with Crippen molar-refractivity contribution < 1.29 is 4.79 Å². The van der Waals surface area contributed by atoms with Crippen LogP contribution in [0.25, 0.3) is 0 Å². The predicted octanol–water partition coefficient (Wildman–Crippen LogP) is 2.96. The fraction of sp³-hybridized carbons (Fsp3) is 0.500. The zero-order chi connectivity index (χ0) is 12.1. The smallest absolute Gasteiger partial charge is 0.254 e. The zero-order valence-electron chi connectivity index (χ0n) is 9.88.